The molecular formula is C22H28FN3O2S. The zero-order valence-corrected chi connectivity index (χ0v) is 18.0. The first-order chi connectivity index (χ1) is 13.7. The van der Waals surface area contributed by atoms with Crippen LogP contribution in [0.15, 0.2) is 29.6 Å². The summed E-state index contributed by atoms with van der Waals surface area (Å²) in [5, 5.41) is 5.59. The number of halogens is 1. The van der Waals surface area contributed by atoms with Crippen LogP contribution in [0, 0.1) is 17.2 Å². The molecule has 7 heteroatoms. The third-order valence-electron chi connectivity index (χ3n) is 5.06. The highest BCUT2D eigenvalue weighted by Crippen LogP contribution is 2.25. The van der Waals surface area contributed by atoms with Crippen molar-refractivity contribution < 1.29 is 14.0 Å². The molecule has 1 saturated heterocycles. The average Bonchev–Trinajstić information content (AvgIpc) is 3.14. The summed E-state index contributed by atoms with van der Waals surface area (Å²) in [7, 11) is 0. The number of likely N-dealkylation sites (tertiary alicyclic amines) is 1. The van der Waals surface area contributed by atoms with Gasteiger partial charge in [0, 0.05) is 36.0 Å². The molecule has 2 aromatic rings. The van der Waals surface area contributed by atoms with E-state index in [1.807, 2.05) is 37.1 Å². The number of carbonyl (C=O) groups is 2. The maximum absolute atomic E-state index is 13.4. The largest absolute Gasteiger partial charge is 0.355 e. The van der Waals surface area contributed by atoms with E-state index in [0.717, 1.165) is 24.9 Å². The zero-order chi connectivity index (χ0) is 21.0. The van der Waals surface area contributed by atoms with Crippen molar-refractivity contribution in [3.8, 4) is 10.6 Å². The topological polar surface area (TPSA) is 62.3 Å². The van der Waals surface area contributed by atoms with Crippen LogP contribution in [-0.2, 0) is 16.0 Å². The molecule has 1 fully saturated rings. The summed E-state index contributed by atoms with van der Waals surface area (Å²) >= 11 is 1.42. The van der Waals surface area contributed by atoms with Crippen LogP contribution in [0.25, 0.3) is 10.6 Å². The van der Waals surface area contributed by atoms with Gasteiger partial charge in [0.2, 0.25) is 11.8 Å². The van der Waals surface area contributed by atoms with Gasteiger partial charge in [0.1, 0.15) is 10.8 Å². The molecule has 0 radical (unpaired) electrons. The van der Waals surface area contributed by atoms with E-state index >= 15 is 0 Å². The lowest BCUT2D eigenvalue weighted by atomic mass is 9.94. The molecule has 1 aromatic carbocycles. The maximum atomic E-state index is 13.4. The van der Waals surface area contributed by atoms with Gasteiger partial charge >= 0.3 is 0 Å². The molecule has 3 rings (SSSR count). The summed E-state index contributed by atoms with van der Waals surface area (Å²) in [4.78, 5) is 31.2. The van der Waals surface area contributed by atoms with Crippen molar-refractivity contribution in [2.45, 2.75) is 40.0 Å². The predicted octanol–water partition coefficient (Wildman–Crippen LogP) is 3.89. The molecule has 0 saturated carbocycles. The smallest absolute Gasteiger partial charge is 0.228 e. The summed E-state index contributed by atoms with van der Waals surface area (Å²) in [6, 6.07) is 6.32. The van der Waals surface area contributed by atoms with E-state index in [4.69, 9.17) is 0 Å². The summed E-state index contributed by atoms with van der Waals surface area (Å²) in [6.45, 7) is 7.68. The first-order valence-corrected chi connectivity index (χ1v) is 10.9. The van der Waals surface area contributed by atoms with Crippen molar-refractivity contribution >= 4 is 23.2 Å². The van der Waals surface area contributed by atoms with Crippen LogP contribution in [0.5, 0.6) is 0 Å². The minimum atomic E-state index is -0.409. The van der Waals surface area contributed by atoms with Crippen LogP contribution < -0.4 is 5.32 Å². The Labute approximate surface area is 175 Å². The number of rotatable bonds is 5. The van der Waals surface area contributed by atoms with Crippen molar-refractivity contribution in [2.75, 3.05) is 19.6 Å². The Morgan fingerprint density at radius 3 is 2.86 bits per heavy atom. The molecule has 0 spiro atoms. The molecule has 1 unspecified atom stereocenters. The fourth-order valence-electron chi connectivity index (χ4n) is 3.37. The third kappa shape index (κ3) is 5.85. The normalized spacial score (nSPS) is 17.2. The van der Waals surface area contributed by atoms with Gasteiger partial charge in [0.25, 0.3) is 0 Å². The van der Waals surface area contributed by atoms with E-state index in [1.54, 1.807) is 6.07 Å². The Kier molecular flexibility index (Phi) is 6.67. The van der Waals surface area contributed by atoms with Gasteiger partial charge in [-0.3, -0.25) is 9.59 Å². The Bertz CT molecular complexity index is 875. The number of thiazole rings is 1. The number of piperidine rings is 1. The fourth-order valence-corrected chi connectivity index (χ4v) is 4.19. The van der Waals surface area contributed by atoms with Gasteiger partial charge in [-0.25, -0.2) is 9.37 Å². The van der Waals surface area contributed by atoms with Crippen LogP contribution in [0.3, 0.4) is 0 Å². The van der Waals surface area contributed by atoms with Crippen LogP contribution in [0.4, 0.5) is 4.39 Å². The third-order valence-corrected chi connectivity index (χ3v) is 6.00. The average molecular weight is 418 g/mol. The summed E-state index contributed by atoms with van der Waals surface area (Å²) in [5.41, 5.74) is 1.03. The number of nitrogens with one attached hydrogen (secondary N) is 1. The van der Waals surface area contributed by atoms with E-state index in [1.165, 1.54) is 23.5 Å². The second-order valence-electron chi connectivity index (χ2n) is 8.64. The number of benzene rings is 1. The first-order valence-electron chi connectivity index (χ1n) is 9.99. The predicted molar refractivity (Wildman–Crippen MR) is 113 cm³/mol. The maximum Gasteiger partial charge on any atom is 0.228 e. The molecule has 1 aromatic heterocycles. The van der Waals surface area contributed by atoms with E-state index in [0.29, 0.717) is 23.8 Å². The monoisotopic (exact) mass is 417 g/mol. The number of hydrogen-bond donors (Lipinski definition) is 1. The van der Waals surface area contributed by atoms with Gasteiger partial charge in [-0.2, -0.15) is 0 Å². The molecule has 0 bridgehead atoms. The highest BCUT2D eigenvalue weighted by molar-refractivity contribution is 7.13. The molecular weight excluding hydrogens is 389 g/mol. The van der Waals surface area contributed by atoms with Crippen LogP contribution in [-0.4, -0.2) is 41.3 Å². The molecule has 156 valence electrons. The number of aromatic nitrogens is 1. The first kappa shape index (κ1) is 21.4. The van der Waals surface area contributed by atoms with E-state index in [2.05, 4.69) is 10.3 Å². The fraction of sp³-hybridized carbons (Fsp3) is 0.500. The summed E-state index contributed by atoms with van der Waals surface area (Å²) < 4.78 is 13.4. The molecule has 5 nitrogen and oxygen atoms in total. The van der Waals surface area contributed by atoms with Gasteiger partial charge in [-0.05, 0) is 30.9 Å². The quantitative estimate of drug-likeness (QED) is 0.803. The minimum absolute atomic E-state index is 0.0355. The zero-order valence-electron chi connectivity index (χ0n) is 17.2. The van der Waals surface area contributed by atoms with E-state index < -0.39 is 5.41 Å². The van der Waals surface area contributed by atoms with Gasteiger partial charge in [-0.15, -0.1) is 11.3 Å². The number of amides is 2. The van der Waals surface area contributed by atoms with E-state index in [-0.39, 0.29) is 30.0 Å². The van der Waals surface area contributed by atoms with Crippen molar-refractivity contribution in [1.82, 2.24) is 15.2 Å². The van der Waals surface area contributed by atoms with E-state index in [9.17, 15) is 14.0 Å². The van der Waals surface area contributed by atoms with Gasteiger partial charge < -0.3 is 10.2 Å². The SMILES string of the molecule is CC(C)(C)C(=O)NCC1CCCN(C(=O)Cc2csc(-c3cccc(F)c3)n2)C1. The van der Waals surface area contributed by atoms with Crippen molar-refractivity contribution in [3.63, 3.8) is 0 Å². The number of hydrogen-bond acceptors (Lipinski definition) is 4. The Morgan fingerprint density at radius 2 is 2.14 bits per heavy atom. The molecule has 29 heavy (non-hydrogen) atoms. The molecule has 1 N–H and O–H groups in total. The van der Waals surface area contributed by atoms with Crippen LogP contribution in [0.1, 0.15) is 39.3 Å². The highest BCUT2D eigenvalue weighted by atomic mass is 32.1. The lowest BCUT2D eigenvalue weighted by Gasteiger charge is -2.33. The van der Waals surface area contributed by atoms with Gasteiger partial charge in [0.05, 0.1) is 12.1 Å². The number of nitrogens with zero attached hydrogens (tertiary/aromatic N) is 2. The summed E-state index contributed by atoms with van der Waals surface area (Å²) in [6.07, 6.45) is 2.19. The van der Waals surface area contributed by atoms with Crippen LogP contribution >= 0.6 is 11.3 Å². The van der Waals surface area contributed by atoms with Crippen molar-refractivity contribution in [1.29, 1.82) is 0 Å². The van der Waals surface area contributed by atoms with Crippen molar-refractivity contribution in [3.05, 3.63) is 41.2 Å². The Hall–Kier alpha value is -2.28. The number of carbonyl (C=O) groups excluding carboxylic acids is 2. The second-order valence-corrected chi connectivity index (χ2v) is 9.50. The summed E-state index contributed by atoms with van der Waals surface area (Å²) in [5.74, 6) is 0.0618. The molecule has 0 aliphatic carbocycles. The lowest BCUT2D eigenvalue weighted by Crippen LogP contribution is -2.45. The second kappa shape index (κ2) is 9.03. The van der Waals surface area contributed by atoms with Crippen molar-refractivity contribution in [2.24, 2.45) is 11.3 Å². The molecule has 2 heterocycles. The Morgan fingerprint density at radius 1 is 1.34 bits per heavy atom. The highest BCUT2D eigenvalue weighted by Gasteiger charge is 2.26. The van der Waals surface area contributed by atoms with Gasteiger partial charge in [-0.1, -0.05) is 32.9 Å². The van der Waals surface area contributed by atoms with Crippen LogP contribution in [0.2, 0.25) is 0 Å². The minimum Gasteiger partial charge on any atom is -0.355 e. The molecule has 1 aliphatic heterocycles. The van der Waals surface area contributed by atoms with Gasteiger partial charge in [0.15, 0.2) is 0 Å². The molecule has 2 amide bonds. The standard InChI is InChI=1S/C22H28FN3O2S/c1-22(2,3)21(28)24-12-15-6-5-9-26(13-15)19(27)11-18-14-29-20(25-18)16-7-4-8-17(23)10-16/h4,7-8,10,14-15H,5-6,9,11-13H2,1-3H3,(H,24,28). The lowest BCUT2D eigenvalue weighted by molar-refractivity contribution is -0.132. The molecule has 1 atom stereocenters. The molecule has 1 aliphatic rings. The Balaban J connectivity index is 1.55.